The van der Waals surface area contributed by atoms with E-state index in [1.165, 1.54) is 6.42 Å². The van der Waals surface area contributed by atoms with Crippen molar-refractivity contribution < 1.29 is 9.59 Å². The molecule has 29 heavy (non-hydrogen) atoms. The highest BCUT2D eigenvalue weighted by atomic mass is 35.5. The topological polar surface area (TPSA) is 49.4 Å². The van der Waals surface area contributed by atoms with Gasteiger partial charge in [0.25, 0.3) is 0 Å². The number of amides is 2. The minimum atomic E-state index is -0.705. The van der Waals surface area contributed by atoms with Crippen molar-refractivity contribution in [2.24, 2.45) is 0 Å². The van der Waals surface area contributed by atoms with Crippen LogP contribution < -0.4 is 5.32 Å². The second-order valence-corrected chi connectivity index (χ2v) is 8.06. The first-order valence-corrected chi connectivity index (χ1v) is 10.9. The highest BCUT2D eigenvalue weighted by Gasteiger charge is 2.32. The van der Waals surface area contributed by atoms with Crippen LogP contribution in [0.1, 0.15) is 54.8 Å². The van der Waals surface area contributed by atoms with Crippen molar-refractivity contribution in [3.8, 4) is 0 Å². The van der Waals surface area contributed by atoms with Gasteiger partial charge in [0.15, 0.2) is 0 Å². The van der Waals surface area contributed by atoms with Crippen molar-refractivity contribution in [1.29, 1.82) is 0 Å². The first-order valence-electron chi connectivity index (χ1n) is 10.3. The largest absolute Gasteiger partial charge is 0.351 e. The van der Waals surface area contributed by atoms with Crippen LogP contribution >= 0.6 is 11.6 Å². The molecule has 1 atom stereocenters. The van der Waals surface area contributed by atoms with E-state index in [0.29, 0.717) is 6.54 Å². The lowest BCUT2D eigenvalue weighted by molar-refractivity contribution is -0.140. The van der Waals surface area contributed by atoms with E-state index in [1.54, 1.807) is 4.90 Å². The number of hydrogen-bond acceptors (Lipinski definition) is 2. The van der Waals surface area contributed by atoms with E-state index in [2.05, 4.69) is 5.32 Å². The summed E-state index contributed by atoms with van der Waals surface area (Å²) < 4.78 is 0. The molecule has 0 heterocycles. The van der Waals surface area contributed by atoms with Crippen LogP contribution in [-0.4, -0.2) is 28.6 Å². The minimum Gasteiger partial charge on any atom is -0.351 e. The molecule has 0 aliphatic heterocycles. The first-order chi connectivity index (χ1) is 14.1. The van der Waals surface area contributed by atoms with E-state index >= 15 is 0 Å². The lowest BCUT2D eigenvalue weighted by Crippen LogP contribution is -2.47. The van der Waals surface area contributed by atoms with Crippen LogP contribution in [0.5, 0.6) is 0 Å². The van der Waals surface area contributed by atoms with Gasteiger partial charge in [-0.15, -0.1) is 11.6 Å². The van der Waals surface area contributed by atoms with Crippen molar-refractivity contribution in [2.45, 2.75) is 57.7 Å². The Morgan fingerprint density at radius 3 is 2.31 bits per heavy atom. The molecule has 1 unspecified atom stereocenters. The van der Waals surface area contributed by atoms with Crippen molar-refractivity contribution in [3.05, 3.63) is 71.3 Å². The third-order valence-electron chi connectivity index (χ3n) is 5.54. The van der Waals surface area contributed by atoms with Crippen LogP contribution in [-0.2, 0) is 16.1 Å². The van der Waals surface area contributed by atoms with Gasteiger partial charge < -0.3 is 10.2 Å². The molecule has 0 saturated heterocycles. The van der Waals surface area contributed by atoms with Crippen LogP contribution in [0, 0.1) is 6.92 Å². The zero-order valence-corrected chi connectivity index (χ0v) is 17.7. The second-order valence-electron chi connectivity index (χ2n) is 7.80. The van der Waals surface area contributed by atoms with Gasteiger partial charge in [0.2, 0.25) is 11.8 Å². The fourth-order valence-corrected chi connectivity index (χ4v) is 4.08. The molecule has 0 aromatic heterocycles. The molecule has 1 aliphatic rings. The van der Waals surface area contributed by atoms with Gasteiger partial charge in [0.05, 0.1) is 0 Å². The van der Waals surface area contributed by atoms with Gasteiger partial charge in [-0.25, -0.2) is 0 Å². The summed E-state index contributed by atoms with van der Waals surface area (Å²) in [6, 6.07) is 17.0. The number of nitrogens with zero attached hydrogens (tertiary/aromatic N) is 1. The Labute approximate surface area is 178 Å². The molecule has 1 aliphatic carbocycles. The van der Waals surface area contributed by atoms with Gasteiger partial charge in [-0.05, 0) is 30.9 Å². The van der Waals surface area contributed by atoms with E-state index in [4.69, 9.17) is 11.6 Å². The zero-order valence-electron chi connectivity index (χ0n) is 16.9. The maximum Gasteiger partial charge on any atom is 0.247 e. The summed E-state index contributed by atoms with van der Waals surface area (Å²) in [7, 11) is 0. The van der Waals surface area contributed by atoms with Gasteiger partial charge in [-0.2, -0.15) is 0 Å². The summed E-state index contributed by atoms with van der Waals surface area (Å²) >= 11 is 5.94. The van der Waals surface area contributed by atoms with Crippen LogP contribution in [0.2, 0.25) is 0 Å². The molecule has 5 heteroatoms. The fraction of sp³-hybridized carbons (Fsp3) is 0.417. The van der Waals surface area contributed by atoms with Crippen LogP contribution in [0.4, 0.5) is 0 Å². The van der Waals surface area contributed by atoms with Gasteiger partial charge in [-0.3, -0.25) is 9.59 Å². The molecule has 1 fully saturated rings. The third-order valence-corrected chi connectivity index (χ3v) is 5.76. The van der Waals surface area contributed by atoms with Crippen molar-refractivity contribution in [2.75, 3.05) is 5.88 Å². The molecule has 2 aromatic rings. The maximum absolute atomic E-state index is 13.4. The molecular weight excluding hydrogens is 384 g/mol. The molecule has 2 amide bonds. The third kappa shape index (κ3) is 5.83. The summed E-state index contributed by atoms with van der Waals surface area (Å²) in [6.45, 7) is 2.34. The Hall–Kier alpha value is -2.33. The second kappa shape index (κ2) is 10.4. The van der Waals surface area contributed by atoms with Crippen LogP contribution in [0.3, 0.4) is 0 Å². The van der Waals surface area contributed by atoms with Crippen molar-refractivity contribution >= 4 is 23.4 Å². The molecule has 154 valence electrons. The Morgan fingerprint density at radius 2 is 1.69 bits per heavy atom. The summed E-state index contributed by atoms with van der Waals surface area (Å²) in [6.07, 6.45) is 5.48. The number of rotatable bonds is 7. The number of carbonyl (C=O) groups is 2. The predicted octanol–water partition coefficient (Wildman–Crippen LogP) is 4.75. The number of alkyl halides is 1. The lowest BCUT2D eigenvalue weighted by Gasteiger charge is -2.33. The zero-order chi connectivity index (χ0) is 20.6. The van der Waals surface area contributed by atoms with E-state index in [0.717, 1.165) is 42.4 Å². The van der Waals surface area contributed by atoms with Gasteiger partial charge >= 0.3 is 0 Å². The van der Waals surface area contributed by atoms with Crippen LogP contribution in [0.15, 0.2) is 54.6 Å². The summed E-state index contributed by atoms with van der Waals surface area (Å²) in [5, 5.41) is 3.20. The lowest BCUT2D eigenvalue weighted by atomic mass is 9.94. The molecule has 4 nitrogen and oxygen atoms in total. The van der Waals surface area contributed by atoms with E-state index in [9.17, 15) is 9.59 Å². The molecule has 0 spiro atoms. The molecule has 0 bridgehead atoms. The van der Waals surface area contributed by atoms with Gasteiger partial charge in [-0.1, -0.05) is 79.4 Å². The van der Waals surface area contributed by atoms with E-state index in [-0.39, 0.29) is 23.7 Å². The standard InChI is InChI=1S/C24H29ClN2O2/c1-18-12-14-20(15-13-18)23(24(29)26-21-10-6-3-7-11-21)27(22(28)16-25)17-19-8-4-2-5-9-19/h2,4-5,8-9,12-15,21,23H,3,6-7,10-11,16-17H2,1H3,(H,26,29). The molecule has 3 rings (SSSR count). The Bertz CT molecular complexity index is 801. The van der Waals surface area contributed by atoms with Gasteiger partial charge in [0.1, 0.15) is 11.9 Å². The number of hydrogen-bond donors (Lipinski definition) is 1. The molecular formula is C24H29ClN2O2. The molecule has 1 N–H and O–H groups in total. The van der Waals surface area contributed by atoms with E-state index < -0.39 is 6.04 Å². The number of aryl methyl sites for hydroxylation is 1. The predicted molar refractivity (Wildman–Crippen MR) is 117 cm³/mol. The Balaban J connectivity index is 1.92. The molecule has 2 aromatic carbocycles. The maximum atomic E-state index is 13.4. The van der Waals surface area contributed by atoms with Gasteiger partial charge in [0, 0.05) is 12.6 Å². The van der Waals surface area contributed by atoms with Crippen LogP contribution in [0.25, 0.3) is 0 Å². The SMILES string of the molecule is Cc1ccc(C(C(=O)NC2CCCCC2)N(Cc2ccccc2)C(=O)CCl)cc1. The van der Waals surface area contributed by atoms with Crippen molar-refractivity contribution in [1.82, 2.24) is 10.2 Å². The number of carbonyl (C=O) groups excluding carboxylic acids is 2. The number of benzene rings is 2. The minimum absolute atomic E-state index is 0.129. The normalized spacial score (nSPS) is 15.5. The monoisotopic (exact) mass is 412 g/mol. The summed E-state index contributed by atoms with van der Waals surface area (Å²) in [4.78, 5) is 27.8. The fourth-order valence-electron chi connectivity index (χ4n) is 3.93. The quantitative estimate of drug-likeness (QED) is 0.667. The highest BCUT2D eigenvalue weighted by Crippen LogP contribution is 2.26. The molecule has 1 saturated carbocycles. The van der Waals surface area contributed by atoms with Crippen molar-refractivity contribution in [3.63, 3.8) is 0 Å². The average molecular weight is 413 g/mol. The summed E-state index contributed by atoms with van der Waals surface area (Å²) in [5.74, 6) is -0.540. The summed E-state index contributed by atoms with van der Waals surface area (Å²) in [5.41, 5.74) is 2.88. The highest BCUT2D eigenvalue weighted by molar-refractivity contribution is 6.27. The number of nitrogens with one attached hydrogen (secondary N) is 1. The average Bonchev–Trinajstić information content (AvgIpc) is 2.75. The first kappa shape index (κ1) is 21.4. The number of halogens is 1. The molecule has 0 radical (unpaired) electrons. The van der Waals surface area contributed by atoms with E-state index in [1.807, 2.05) is 61.5 Å². The smallest absolute Gasteiger partial charge is 0.247 e. The Morgan fingerprint density at radius 1 is 1.03 bits per heavy atom. The Kier molecular flexibility index (Phi) is 7.70.